The predicted octanol–water partition coefficient (Wildman–Crippen LogP) is 2.50. The Labute approximate surface area is 92.5 Å². The Morgan fingerprint density at radius 2 is 2.07 bits per heavy atom. The summed E-state index contributed by atoms with van der Waals surface area (Å²) >= 11 is 0. The second-order valence-corrected chi connectivity index (χ2v) is 4.71. The van der Waals surface area contributed by atoms with E-state index in [2.05, 4.69) is 11.8 Å². The first-order valence-electron chi connectivity index (χ1n) is 6.06. The molecule has 0 bridgehead atoms. The molecule has 1 atom stereocenters. The summed E-state index contributed by atoms with van der Waals surface area (Å²) in [5.41, 5.74) is -0.656. The van der Waals surface area contributed by atoms with Gasteiger partial charge in [0.1, 0.15) is 5.54 Å². The van der Waals surface area contributed by atoms with Crippen LogP contribution in [0.1, 0.15) is 52.9 Å². The van der Waals surface area contributed by atoms with Crippen molar-refractivity contribution in [3.8, 4) is 0 Å². The van der Waals surface area contributed by atoms with Gasteiger partial charge in [-0.15, -0.1) is 0 Å². The number of rotatable bonds is 7. The van der Waals surface area contributed by atoms with Gasteiger partial charge in [-0.25, -0.2) is 0 Å². The Hall–Kier alpha value is -0.570. The fourth-order valence-corrected chi connectivity index (χ4v) is 2.02. The molecular weight excluding hydrogens is 190 g/mol. The molecule has 1 aliphatic rings. The molecule has 0 amide bonds. The summed E-state index contributed by atoms with van der Waals surface area (Å²) in [4.78, 5) is 13.6. The van der Waals surface area contributed by atoms with Gasteiger partial charge in [0.05, 0.1) is 0 Å². The van der Waals surface area contributed by atoms with Crippen LogP contribution in [0.5, 0.6) is 0 Å². The monoisotopic (exact) mass is 213 g/mol. The number of carboxylic acids is 1. The van der Waals surface area contributed by atoms with E-state index in [0.29, 0.717) is 12.5 Å². The van der Waals surface area contributed by atoms with Crippen LogP contribution in [0.4, 0.5) is 0 Å². The maximum Gasteiger partial charge on any atom is 0.323 e. The summed E-state index contributed by atoms with van der Waals surface area (Å²) in [6.07, 6.45) is 5.25. The number of carbonyl (C=O) groups is 1. The van der Waals surface area contributed by atoms with Crippen molar-refractivity contribution >= 4 is 5.97 Å². The zero-order valence-electron chi connectivity index (χ0n) is 10.1. The van der Waals surface area contributed by atoms with Crippen molar-refractivity contribution in [2.24, 2.45) is 0 Å². The van der Waals surface area contributed by atoms with Crippen molar-refractivity contribution in [1.82, 2.24) is 4.90 Å². The Morgan fingerprint density at radius 1 is 1.47 bits per heavy atom. The average Bonchev–Trinajstić information content (AvgIpc) is 3.01. The molecule has 1 fully saturated rings. The van der Waals surface area contributed by atoms with Crippen LogP contribution in [0.25, 0.3) is 0 Å². The van der Waals surface area contributed by atoms with Crippen LogP contribution in [0.3, 0.4) is 0 Å². The van der Waals surface area contributed by atoms with Gasteiger partial charge in [0.25, 0.3) is 0 Å². The number of nitrogens with zero attached hydrogens (tertiary/aromatic N) is 1. The fourth-order valence-electron chi connectivity index (χ4n) is 2.02. The van der Waals surface area contributed by atoms with Crippen LogP contribution >= 0.6 is 0 Å². The lowest BCUT2D eigenvalue weighted by Gasteiger charge is -2.37. The topological polar surface area (TPSA) is 40.5 Å². The first kappa shape index (κ1) is 12.5. The van der Waals surface area contributed by atoms with Crippen molar-refractivity contribution in [3.05, 3.63) is 0 Å². The molecule has 0 radical (unpaired) electrons. The number of hydrogen-bond donors (Lipinski definition) is 1. The van der Waals surface area contributed by atoms with E-state index in [9.17, 15) is 9.90 Å². The van der Waals surface area contributed by atoms with Crippen LogP contribution in [0.15, 0.2) is 0 Å². The number of hydrogen-bond acceptors (Lipinski definition) is 2. The van der Waals surface area contributed by atoms with E-state index < -0.39 is 11.5 Å². The lowest BCUT2D eigenvalue weighted by molar-refractivity contribution is -0.151. The predicted molar refractivity (Wildman–Crippen MR) is 61.0 cm³/mol. The first-order chi connectivity index (χ1) is 7.06. The van der Waals surface area contributed by atoms with E-state index in [-0.39, 0.29) is 0 Å². The molecule has 0 spiro atoms. The normalized spacial score (nSPS) is 20.3. The molecule has 3 nitrogen and oxygen atoms in total. The van der Waals surface area contributed by atoms with Gasteiger partial charge < -0.3 is 5.11 Å². The highest BCUT2D eigenvalue weighted by molar-refractivity contribution is 5.78. The molecule has 88 valence electrons. The maximum absolute atomic E-state index is 11.3. The fraction of sp³-hybridized carbons (Fsp3) is 0.917. The molecule has 0 aromatic carbocycles. The first-order valence-corrected chi connectivity index (χ1v) is 6.06. The van der Waals surface area contributed by atoms with Crippen LogP contribution in [-0.4, -0.2) is 34.1 Å². The maximum atomic E-state index is 11.3. The van der Waals surface area contributed by atoms with Crippen LogP contribution in [0, 0.1) is 0 Å². The molecule has 0 saturated heterocycles. The summed E-state index contributed by atoms with van der Waals surface area (Å²) in [5.74, 6) is -0.673. The Bertz CT molecular complexity index is 226. The Morgan fingerprint density at radius 3 is 2.40 bits per heavy atom. The van der Waals surface area contributed by atoms with Gasteiger partial charge >= 0.3 is 5.97 Å². The molecule has 3 heteroatoms. The summed E-state index contributed by atoms with van der Waals surface area (Å²) in [6.45, 7) is 6.91. The second kappa shape index (κ2) is 4.97. The Kier molecular flexibility index (Phi) is 4.14. The summed E-state index contributed by atoms with van der Waals surface area (Å²) in [6, 6.07) is 0.526. The minimum absolute atomic E-state index is 0.526. The quantitative estimate of drug-likeness (QED) is 0.706. The zero-order chi connectivity index (χ0) is 11.5. The molecule has 1 aliphatic carbocycles. The third-order valence-corrected chi connectivity index (χ3v) is 3.52. The number of aliphatic carboxylic acids is 1. The highest BCUT2D eigenvalue weighted by Crippen LogP contribution is 2.34. The highest BCUT2D eigenvalue weighted by Gasteiger charge is 2.44. The van der Waals surface area contributed by atoms with Gasteiger partial charge in [-0.05, 0) is 39.2 Å². The molecule has 0 aliphatic heterocycles. The van der Waals surface area contributed by atoms with Gasteiger partial charge in [-0.2, -0.15) is 0 Å². The van der Waals surface area contributed by atoms with Gasteiger partial charge in [-0.3, -0.25) is 9.69 Å². The molecule has 1 saturated carbocycles. The van der Waals surface area contributed by atoms with E-state index >= 15 is 0 Å². The van der Waals surface area contributed by atoms with E-state index in [0.717, 1.165) is 19.4 Å². The van der Waals surface area contributed by atoms with Crippen molar-refractivity contribution in [2.75, 3.05) is 6.54 Å². The minimum atomic E-state index is -0.673. The lowest BCUT2D eigenvalue weighted by Crippen LogP contribution is -2.53. The van der Waals surface area contributed by atoms with Crippen LogP contribution < -0.4 is 0 Å². The minimum Gasteiger partial charge on any atom is -0.480 e. The molecule has 1 unspecified atom stereocenters. The van der Waals surface area contributed by atoms with Crippen LogP contribution in [-0.2, 0) is 4.79 Å². The third kappa shape index (κ3) is 2.71. The molecule has 1 rings (SSSR count). The van der Waals surface area contributed by atoms with E-state index in [4.69, 9.17) is 0 Å². The smallest absolute Gasteiger partial charge is 0.323 e. The van der Waals surface area contributed by atoms with Gasteiger partial charge in [0.2, 0.25) is 0 Å². The summed E-state index contributed by atoms with van der Waals surface area (Å²) in [5, 5.41) is 9.34. The molecule has 0 heterocycles. The largest absolute Gasteiger partial charge is 0.480 e. The van der Waals surface area contributed by atoms with E-state index in [1.807, 2.05) is 13.8 Å². The zero-order valence-corrected chi connectivity index (χ0v) is 10.1. The van der Waals surface area contributed by atoms with E-state index in [1.165, 1.54) is 12.8 Å². The summed E-state index contributed by atoms with van der Waals surface area (Å²) in [7, 11) is 0. The molecule has 0 aromatic rings. The third-order valence-electron chi connectivity index (χ3n) is 3.52. The van der Waals surface area contributed by atoms with Crippen molar-refractivity contribution in [2.45, 2.75) is 64.5 Å². The highest BCUT2D eigenvalue weighted by atomic mass is 16.4. The lowest BCUT2D eigenvalue weighted by atomic mass is 9.95. The second-order valence-electron chi connectivity index (χ2n) is 4.71. The molecule has 15 heavy (non-hydrogen) atoms. The van der Waals surface area contributed by atoms with Crippen molar-refractivity contribution < 1.29 is 9.90 Å². The van der Waals surface area contributed by atoms with Gasteiger partial charge in [0, 0.05) is 6.04 Å². The molecule has 0 aromatic heterocycles. The van der Waals surface area contributed by atoms with Crippen LogP contribution in [0.2, 0.25) is 0 Å². The molecule has 1 N–H and O–H groups in total. The van der Waals surface area contributed by atoms with Gasteiger partial charge in [-0.1, -0.05) is 20.3 Å². The van der Waals surface area contributed by atoms with E-state index in [1.54, 1.807) is 0 Å². The van der Waals surface area contributed by atoms with Crippen molar-refractivity contribution in [1.29, 1.82) is 0 Å². The number of carboxylic acid groups (broad SMARTS) is 1. The summed E-state index contributed by atoms with van der Waals surface area (Å²) < 4.78 is 0. The number of unbranched alkanes of at least 4 members (excludes halogenated alkanes) is 1. The standard InChI is InChI=1S/C12H23NO2/c1-4-6-9-13(10-7-8-10)12(3,5-2)11(14)15/h10H,4-9H2,1-3H3,(H,14,15). The molecular formula is C12H23NO2. The van der Waals surface area contributed by atoms with Gasteiger partial charge in [0.15, 0.2) is 0 Å². The SMILES string of the molecule is CCCCN(C1CC1)C(C)(CC)C(=O)O. The van der Waals surface area contributed by atoms with Crippen molar-refractivity contribution in [3.63, 3.8) is 0 Å². The Balaban J connectivity index is 2.70. The average molecular weight is 213 g/mol.